The number of carbonyl (C=O) groups excluding carboxylic acids is 2. The summed E-state index contributed by atoms with van der Waals surface area (Å²) in [5.41, 5.74) is 0.638. The molecule has 0 amide bonds. The van der Waals surface area contributed by atoms with Crippen LogP contribution in [0.25, 0.3) is 0 Å². The fraction of sp³-hybridized carbons (Fsp3) is 0.333. The average Bonchev–Trinajstić information content (AvgIpc) is 2.30. The van der Waals surface area contributed by atoms with Gasteiger partial charge in [-0.05, 0) is 6.92 Å². The van der Waals surface area contributed by atoms with Gasteiger partial charge in [0.05, 0.1) is 19.7 Å². The van der Waals surface area contributed by atoms with E-state index < -0.39 is 0 Å². The van der Waals surface area contributed by atoms with Gasteiger partial charge in [0.1, 0.15) is 0 Å². The molecule has 16 heavy (non-hydrogen) atoms. The maximum Gasteiger partial charge on any atom is 0.319 e. The van der Waals surface area contributed by atoms with Crippen molar-refractivity contribution in [2.45, 2.75) is 6.92 Å². The van der Waals surface area contributed by atoms with E-state index in [1.807, 2.05) is 6.07 Å². The van der Waals surface area contributed by atoms with E-state index in [4.69, 9.17) is 4.74 Å². The number of ether oxygens (including phenoxy) is 1. The normalized spacial score (nSPS) is 9.81. The van der Waals surface area contributed by atoms with Crippen LogP contribution in [0.3, 0.4) is 0 Å². The van der Waals surface area contributed by atoms with Crippen LogP contribution in [0.4, 0.5) is 0 Å². The smallest absolute Gasteiger partial charge is 0.319 e. The molecule has 0 atom stereocenters. The molecule has 0 bridgehead atoms. The van der Waals surface area contributed by atoms with Crippen molar-refractivity contribution >= 4 is 11.8 Å². The van der Waals surface area contributed by atoms with Crippen molar-refractivity contribution in [2.75, 3.05) is 19.7 Å². The molecular formula is C12H15NO3. The van der Waals surface area contributed by atoms with Crippen molar-refractivity contribution in [2.24, 2.45) is 0 Å². The predicted molar refractivity (Wildman–Crippen MR) is 60.3 cm³/mol. The van der Waals surface area contributed by atoms with Gasteiger partial charge in [-0.3, -0.25) is 14.9 Å². The van der Waals surface area contributed by atoms with Gasteiger partial charge in [0.15, 0.2) is 5.78 Å². The molecule has 0 aliphatic rings. The van der Waals surface area contributed by atoms with E-state index >= 15 is 0 Å². The summed E-state index contributed by atoms with van der Waals surface area (Å²) >= 11 is 0. The summed E-state index contributed by atoms with van der Waals surface area (Å²) < 4.78 is 4.72. The summed E-state index contributed by atoms with van der Waals surface area (Å²) in [6.45, 7) is 2.30. The van der Waals surface area contributed by atoms with Crippen molar-refractivity contribution < 1.29 is 14.3 Å². The molecule has 0 aliphatic heterocycles. The Morgan fingerprint density at radius 3 is 2.50 bits per heavy atom. The standard InChI is InChI=1S/C12H15NO3/c1-2-16-12(15)9-13-8-11(14)10-6-4-3-5-7-10/h3-7,13H,2,8-9H2,1H3. The summed E-state index contributed by atoms with van der Waals surface area (Å²) in [6.07, 6.45) is 0. The number of Topliss-reactive ketones (excluding diaryl/α,β-unsaturated/α-hetero) is 1. The number of benzene rings is 1. The molecule has 1 rings (SSSR count). The number of hydrogen-bond acceptors (Lipinski definition) is 4. The molecule has 1 N–H and O–H groups in total. The quantitative estimate of drug-likeness (QED) is 0.575. The Morgan fingerprint density at radius 2 is 1.88 bits per heavy atom. The van der Waals surface area contributed by atoms with E-state index in [0.29, 0.717) is 12.2 Å². The summed E-state index contributed by atoms with van der Waals surface area (Å²) in [4.78, 5) is 22.5. The van der Waals surface area contributed by atoms with Crippen molar-refractivity contribution in [3.8, 4) is 0 Å². The van der Waals surface area contributed by atoms with Gasteiger partial charge in [-0.25, -0.2) is 0 Å². The minimum absolute atomic E-state index is 0.0371. The number of nitrogens with one attached hydrogen (secondary N) is 1. The van der Waals surface area contributed by atoms with E-state index in [2.05, 4.69) is 5.32 Å². The number of carbonyl (C=O) groups is 2. The number of rotatable bonds is 6. The maximum atomic E-state index is 11.6. The number of esters is 1. The molecule has 0 aromatic heterocycles. The molecule has 0 fully saturated rings. The number of hydrogen-bond donors (Lipinski definition) is 1. The Bertz CT molecular complexity index is 349. The highest BCUT2D eigenvalue weighted by Gasteiger charge is 2.06. The highest BCUT2D eigenvalue weighted by Crippen LogP contribution is 1.98. The zero-order valence-electron chi connectivity index (χ0n) is 9.23. The van der Waals surface area contributed by atoms with Crippen LogP contribution in [0, 0.1) is 0 Å². The Hall–Kier alpha value is -1.68. The minimum Gasteiger partial charge on any atom is -0.465 e. The van der Waals surface area contributed by atoms with Crippen LogP contribution in [0.5, 0.6) is 0 Å². The molecule has 0 heterocycles. The zero-order valence-corrected chi connectivity index (χ0v) is 9.23. The molecule has 1 aromatic rings. The first-order chi connectivity index (χ1) is 7.74. The van der Waals surface area contributed by atoms with Crippen LogP contribution in [-0.4, -0.2) is 31.4 Å². The zero-order chi connectivity index (χ0) is 11.8. The van der Waals surface area contributed by atoms with Crippen LogP contribution in [0.2, 0.25) is 0 Å². The highest BCUT2D eigenvalue weighted by molar-refractivity contribution is 5.97. The third-order valence-corrected chi connectivity index (χ3v) is 1.96. The van der Waals surface area contributed by atoms with E-state index in [0.717, 1.165) is 0 Å². The van der Waals surface area contributed by atoms with Gasteiger partial charge in [0.2, 0.25) is 0 Å². The van der Waals surface area contributed by atoms with Crippen LogP contribution < -0.4 is 5.32 Å². The third-order valence-electron chi connectivity index (χ3n) is 1.96. The first-order valence-electron chi connectivity index (χ1n) is 5.18. The van der Waals surface area contributed by atoms with Crippen molar-refractivity contribution in [3.05, 3.63) is 35.9 Å². The Kier molecular flexibility index (Phi) is 5.22. The Balaban J connectivity index is 2.29. The molecule has 0 spiro atoms. The van der Waals surface area contributed by atoms with Gasteiger partial charge in [-0.2, -0.15) is 0 Å². The molecule has 4 heteroatoms. The molecule has 1 aromatic carbocycles. The lowest BCUT2D eigenvalue weighted by Crippen LogP contribution is -2.29. The molecule has 0 saturated heterocycles. The second-order valence-electron chi connectivity index (χ2n) is 3.20. The predicted octanol–water partition coefficient (Wildman–Crippen LogP) is 1.02. The fourth-order valence-corrected chi connectivity index (χ4v) is 1.22. The third kappa shape index (κ3) is 4.23. The molecule has 86 valence electrons. The monoisotopic (exact) mass is 221 g/mol. The van der Waals surface area contributed by atoms with Crippen LogP contribution in [-0.2, 0) is 9.53 Å². The minimum atomic E-state index is -0.344. The lowest BCUT2D eigenvalue weighted by molar-refractivity contribution is -0.141. The van der Waals surface area contributed by atoms with E-state index in [1.54, 1.807) is 31.2 Å². The Morgan fingerprint density at radius 1 is 1.19 bits per heavy atom. The lowest BCUT2D eigenvalue weighted by Gasteiger charge is -2.03. The van der Waals surface area contributed by atoms with Gasteiger partial charge in [-0.1, -0.05) is 30.3 Å². The maximum absolute atomic E-state index is 11.6. The summed E-state index contributed by atoms with van der Waals surface area (Å²) in [5.74, 6) is -0.381. The topological polar surface area (TPSA) is 55.4 Å². The molecule has 0 unspecified atom stereocenters. The van der Waals surface area contributed by atoms with Crippen molar-refractivity contribution in [1.29, 1.82) is 0 Å². The first kappa shape index (κ1) is 12.4. The summed E-state index contributed by atoms with van der Waals surface area (Å²) in [5, 5.41) is 2.74. The second kappa shape index (κ2) is 6.74. The van der Waals surface area contributed by atoms with Crippen molar-refractivity contribution in [3.63, 3.8) is 0 Å². The molecule has 0 radical (unpaired) electrons. The molecule has 0 saturated carbocycles. The molecular weight excluding hydrogens is 206 g/mol. The molecule has 0 aliphatic carbocycles. The van der Waals surface area contributed by atoms with Gasteiger partial charge in [0, 0.05) is 5.56 Å². The van der Waals surface area contributed by atoms with Crippen LogP contribution in [0.1, 0.15) is 17.3 Å². The first-order valence-corrected chi connectivity index (χ1v) is 5.18. The Labute approximate surface area is 94.6 Å². The van der Waals surface area contributed by atoms with Gasteiger partial charge in [0.25, 0.3) is 0 Å². The van der Waals surface area contributed by atoms with Gasteiger partial charge in [-0.15, -0.1) is 0 Å². The lowest BCUT2D eigenvalue weighted by atomic mass is 10.1. The number of ketones is 1. The summed E-state index contributed by atoms with van der Waals surface area (Å²) in [6, 6.07) is 8.95. The largest absolute Gasteiger partial charge is 0.465 e. The van der Waals surface area contributed by atoms with Crippen LogP contribution in [0.15, 0.2) is 30.3 Å². The highest BCUT2D eigenvalue weighted by atomic mass is 16.5. The summed E-state index contributed by atoms with van der Waals surface area (Å²) in [7, 11) is 0. The van der Waals surface area contributed by atoms with Crippen molar-refractivity contribution in [1.82, 2.24) is 5.32 Å². The second-order valence-corrected chi connectivity index (χ2v) is 3.20. The van der Waals surface area contributed by atoms with Gasteiger partial charge >= 0.3 is 5.97 Å². The van der Waals surface area contributed by atoms with E-state index in [9.17, 15) is 9.59 Å². The van der Waals surface area contributed by atoms with E-state index in [-0.39, 0.29) is 24.8 Å². The SMILES string of the molecule is CCOC(=O)CNCC(=O)c1ccccc1. The van der Waals surface area contributed by atoms with Crippen LogP contribution >= 0.6 is 0 Å². The fourth-order valence-electron chi connectivity index (χ4n) is 1.22. The van der Waals surface area contributed by atoms with E-state index in [1.165, 1.54) is 0 Å². The molecule has 4 nitrogen and oxygen atoms in total. The average molecular weight is 221 g/mol. The van der Waals surface area contributed by atoms with Gasteiger partial charge < -0.3 is 4.74 Å².